The molecule has 0 N–H and O–H groups in total. The number of hydrogen-bond acceptors (Lipinski definition) is 4. The molecule has 1 saturated carbocycles. The molecule has 0 radical (unpaired) electrons. The van der Waals surface area contributed by atoms with E-state index in [0.29, 0.717) is 12.2 Å². The van der Waals surface area contributed by atoms with E-state index in [-0.39, 0.29) is 5.79 Å². The third-order valence-electron chi connectivity index (χ3n) is 4.01. The maximum atomic E-state index is 6.10. The van der Waals surface area contributed by atoms with Crippen LogP contribution in [0, 0.1) is 0 Å². The first-order chi connectivity index (χ1) is 8.36. The van der Waals surface area contributed by atoms with Gasteiger partial charge >= 0.3 is 0 Å². The topological polar surface area (TPSA) is 36.9 Å². The van der Waals surface area contributed by atoms with Crippen LogP contribution in [0.15, 0.2) is 0 Å². The average molecular weight is 242 g/mol. The van der Waals surface area contributed by atoms with Crippen LogP contribution in [0.4, 0.5) is 0 Å². The summed E-state index contributed by atoms with van der Waals surface area (Å²) in [4.78, 5) is 0. The van der Waals surface area contributed by atoms with Crippen molar-refractivity contribution < 1.29 is 18.9 Å². The Morgan fingerprint density at radius 1 is 0.882 bits per heavy atom. The lowest BCUT2D eigenvalue weighted by molar-refractivity contribution is -0.199. The fourth-order valence-corrected chi connectivity index (χ4v) is 3.04. The Balaban J connectivity index is 1.44. The normalized spacial score (nSPS) is 34.2. The van der Waals surface area contributed by atoms with Crippen LogP contribution in [0.1, 0.15) is 38.5 Å². The summed E-state index contributed by atoms with van der Waals surface area (Å²) in [5, 5.41) is 0. The molecule has 0 bridgehead atoms. The number of ether oxygens (including phenoxy) is 4. The van der Waals surface area contributed by atoms with Gasteiger partial charge in [-0.05, 0) is 25.7 Å². The molecule has 1 unspecified atom stereocenters. The van der Waals surface area contributed by atoms with Crippen molar-refractivity contribution in [2.24, 2.45) is 0 Å². The summed E-state index contributed by atoms with van der Waals surface area (Å²) in [5.41, 5.74) is 0. The van der Waals surface area contributed by atoms with Gasteiger partial charge in [0, 0.05) is 19.4 Å². The molecule has 0 aromatic rings. The van der Waals surface area contributed by atoms with Crippen molar-refractivity contribution in [3.05, 3.63) is 0 Å². The molecule has 3 fully saturated rings. The molecule has 98 valence electrons. The van der Waals surface area contributed by atoms with Gasteiger partial charge in [0.1, 0.15) is 0 Å². The van der Waals surface area contributed by atoms with Gasteiger partial charge in [-0.15, -0.1) is 0 Å². The molecule has 0 amide bonds. The van der Waals surface area contributed by atoms with E-state index in [0.717, 1.165) is 65.0 Å². The van der Waals surface area contributed by atoms with Gasteiger partial charge in [-0.25, -0.2) is 0 Å². The van der Waals surface area contributed by atoms with Gasteiger partial charge in [-0.2, -0.15) is 0 Å². The molecule has 0 aromatic heterocycles. The molecule has 2 aliphatic heterocycles. The molecule has 1 aliphatic carbocycles. The molecule has 0 aromatic carbocycles. The largest absolute Gasteiger partial charge is 0.379 e. The van der Waals surface area contributed by atoms with Crippen LogP contribution in [0.2, 0.25) is 0 Å². The van der Waals surface area contributed by atoms with Gasteiger partial charge in [0.25, 0.3) is 0 Å². The van der Waals surface area contributed by atoms with Gasteiger partial charge in [0.2, 0.25) is 0 Å². The smallest absolute Gasteiger partial charge is 0.168 e. The van der Waals surface area contributed by atoms with Crippen molar-refractivity contribution in [2.75, 3.05) is 26.4 Å². The zero-order valence-electron chi connectivity index (χ0n) is 10.4. The van der Waals surface area contributed by atoms with E-state index in [1.54, 1.807) is 0 Å². The highest BCUT2D eigenvalue weighted by Gasteiger charge is 2.41. The summed E-state index contributed by atoms with van der Waals surface area (Å²) in [6.07, 6.45) is 7.03. The van der Waals surface area contributed by atoms with Gasteiger partial charge in [-0.1, -0.05) is 0 Å². The third-order valence-corrected chi connectivity index (χ3v) is 4.01. The average Bonchev–Trinajstić information content (AvgIpc) is 2.83. The minimum Gasteiger partial charge on any atom is -0.379 e. The maximum absolute atomic E-state index is 6.10. The van der Waals surface area contributed by atoms with Crippen LogP contribution in [-0.4, -0.2) is 44.4 Å². The predicted octanol–water partition coefficient (Wildman–Crippen LogP) is 1.87. The molecule has 2 saturated heterocycles. The first-order valence-corrected chi connectivity index (χ1v) is 6.87. The first kappa shape index (κ1) is 11.9. The van der Waals surface area contributed by atoms with E-state index in [9.17, 15) is 0 Å². The predicted molar refractivity (Wildman–Crippen MR) is 61.8 cm³/mol. The van der Waals surface area contributed by atoms with E-state index >= 15 is 0 Å². The molecule has 3 aliphatic rings. The van der Waals surface area contributed by atoms with Crippen LogP contribution in [0.3, 0.4) is 0 Å². The van der Waals surface area contributed by atoms with Crippen molar-refractivity contribution in [3.63, 3.8) is 0 Å². The Morgan fingerprint density at radius 3 is 2.29 bits per heavy atom. The molecular weight excluding hydrogens is 220 g/mol. The van der Waals surface area contributed by atoms with Crippen LogP contribution >= 0.6 is 0 Å². The standard InChI is InChI=1S/C13H22O4/c1-2-12(10-14-7-1)17-11-3-5-13(6-4-11)15-8-9-16-13/h11-12H,1-10H2. The lowest BCUT2D eigenvalue weighted by atomic mass is 9.91. The van der Waals surface area contributed by atoms with E-state index in [2.05, 4.69) is 0 Å². The summed E-state index contributed by atoms with van der Waals surface area (Å²) in [6.45, 7) is 3.17. The molecule has 4 heteroatoms. The summed E-state index contributed by atoms with van der Waals surface area (Å²) >= 11 is 0. The van der Waals surface area contributed by atoms with Gasteiger partial charge in [0.15, 0.2) is 5.79 Å². The Kier molecular flexibility index (Phi) is 3.66. The zero-order chi connectivity index (χ0) is 11.6. The van der Waals surface area contributed by atoms with E-state index in [1.165, 1.54) is 0 Å². The molecule has 3 rings (SSSR count). The lowest BCUT2D eigenvalue weighted by Gasteiger charge is -2.37. The molecule has 17 heavy (non-hydrogen) atoms. The van der Waals surface area contributed by atoms with E-state index < -0.39 is 0 Å². The summed E-state index contributed by atoms with van der Waals surface area (Å²) in [6, 6.07) is 0. The van der Waals surface area contributed by atoms with Crippen molar-refractivity contribution in [1.29, 1.82) is 0 Å². The Morgan fingerprint density at radius 2 is 1.65 bits per heavy atom. The SMILES string of the molecule is C1COCC(OC2CCC3(CC2)OCCO3)C1. The lowest BCUT2D eigenvalue weighted by Crippen LogP contribution is -2.39. The van der Waals surface area contributed by atoms with Gasteiger partial charge in [0.05, 0.1) is 32.0 Å². The van der Waals surface area contributed by atoms with E-state index in [1.807, 2.05) is 0 Å². The molecule has 1 atom stereocenters. The Hall–Kier alpha value is -0.160. The zero-order valence-corrected chi connectivity index (χ0v) is 10.4. The fourth-order valence-electron chi connectivity index (χ4n) is 3.04. The highest BCUT2D eigenvalue weighted by atomic mass is 16.7. The van der Waals surface area contributed by atoms with Crippen molar-refractivity contribution in [2.45, 2.75) is 56.5 Å². The van der Waals surface area contributed by atoms with Gasteiger partial charge in [-0.3, -0.25) is 0 Å². The quantitative estimate of drug-likeness (QED) is 0.740. The Bertz CT molecular complexity index is 234. The molecule has 1 spiro atoms. The second-order valence-corrected chi connectivity index (χ2v) is 5.28. The van der Waals surface area contributed by atoms with Crippen LogP contribution in [0.5, 0.6) is 0 Å². The fraction of sp³-hybridized carbons (Fsp3) is 1.00. The third kappa shape index (κ3) is 2.81. The first-order valence-electron chi connectivity index (χ1n) is 6.87. The van der Waals surface area contributed by atoms with Crippen LogP contribution < -0.4 is 0 Å². The second kappa shape index (κ2) is 5.22. The highest BCUT2D eigenvalue weighted by molar-refractivity contribution is 4.83. The molecular formula is C13H22O4. The second-order valence-electron chi connectivity index (χ2n) is 5.28. The van der Waals surface area contributed by atoms with Crippen molar-refractivity contribution in [3.8, 4) is 0 Å². The monoisotopic (exact) mass is 242 g/mol. The number of rotatable bonds is 2. The summed E-state index contributed by atoms with van der Waals surface area (Å²) < 4.78 is 23.0. The van der Waals surface area contributed by atoms with Crippen LogP contribution in [-0.2, 0) is 18.9 Å². The highest BCUT2D eigenvalue weighted by Crippen LogP contribution is 2.37. The summed E-state index contributed by atoms with van der Waals surface area (Å²) in [7, 11) is 0. The molecule has 2 heterocycles. The van der Waals surface area contributed by atoms with Crippen molar-refractivity contribution >= 4 is 0 Å². The Labute approximate surface area is 103 Å². The summed E-state index contributed by atoms with van der Waals surface area (Å²) in [5.74, 6) is -0.261. The minimum absolute atomic E-state index is 0.261. The minimum atomic E-state index is -0.261. The van der Waals surface area contributed by atoms with Crippen LogP contribution in [0.25, 0.3) is 0 Å². The van der Waals surface area contributed by atoms with E-state index in [4.69, 9.17) is 18.9 Å². The molecule has 4 nitrogen and oxygen atoms in total. The van der Waals surface area contributed by atoms with Gasteiger partial charge < -0.3 is 18.9 Å². The van der Waals surface area contributed by atoms with Crippen molar-refractivity contribution in [1.82, 2.24) is 0 Å². The maximum Gasteiger partial charge on any atom is 0.168 e. The number of hydrogen-bond donors (Lipinski definition) is 0.